The lowest BCUT2D eigenvalue weighted by atomic mass is 10.4. The van der Waals surface area contributed by atoms with Crippen LogP contribution in [0.2, 0.25) is 0 Å². The maximum Gasteiger partial charge on any atom is 0.244 e. The van der Waals surface area contributed by atoms with Crippen LogP contribution in [0.5, 0.6) is 0 Å². The predicted molar refractivity (Wildman–Crippen MR) is 59.7 cm³/mol. The molecule has 0 aliphatic heterocycles. The van der Waals surface area contributed by atoms with E-state index >= 15 is 0 Å². The third-order valence-corrected chi connectivity index (χ3v) is 2.93. The molecule has 1 aromatic rings. The highest BCUT2D eigenvalue weighted by Gasteiger charge is 1.94. The summed E-state index contributed by atoms with van der Waals surface area (Å²) in [4.78, 5) is 12.1. The summed E-state index contributed by atoms with van der Waals surface area (Å²) in [5.74, 6) is -0.0491. The molecule has 0 saturated carbocycles. The van der Waals surface area contributed by atoms with Crippen LogP contribution in [0.15, 0.2) is 22.0 Å². The number of carbonyl (C=O) groups is 1. The normalized spacial score (nSPS) is 10.6. The fourth-order valence-corrected chi connectivity index (χ4v) is 2.14. The van der Waals surface area contributed by atoms with Gasteiger partial charge in [-0.15, -0.1) is 11.3 Å². The van der Waals surface area contributed by atoms with Crippen molar-refractivity contribution in [2.24, 2.45) is 0 Å². The summed E-state index contributed by atoms with van der Waals surface area (Å²) in [6.45, 7) is 2.56. The van der Waals surface area contributed by atoms with Crippen molar-refractivity contribution in [2.45, 2.75) is 6.92 Å². The largest absolute Gasteiger partial charge is 0.353 e. The van der Waals surface area contributed by atoms with Gasteiger partial charge in [-0.3, -0.25) is 4.79 Å². The Morgan fingerprint density at radius 1 is 1.69 bits per heavy atom. The van der Waals surface area contributed by atoms with Gasteiger partial charge in [0, 0.05) is 17.5 Å². The Balaban J connectivity index is 2.53. The lowest BCUT2D eigenvalue weighted by Crippen LogP contribution is -2.19. The minimum atomic E-state index is -0.0491. The Hall–Kier alpha value is -0.610. The summed E-state index contributed by atoms with van der Waals surface area (Å²) in [5.41, 5.74) is 0. The van der Waals surface area contributed by atoms with E-state index in [9.17, 15) is 4.79 Å². The molecule has 0 aliphatic rings. The number of likely N-dealkylation sites (N-methyl/N-ethyl adjacent to an activating group) is 1. The van der Waals surface area contributed by atoms with Crippen LogP contribution >= 0.6 is 27.3 Å². The molecule has 0 saturated heterocycles. The SMILES string of the molecule is CCNC(=O)C=Cc1ccc(Br)s1. The zero-order valence-corrected chi connectivity index (χ0v) is 9.61. The van der Waals surface area contributed by atoms with Gasteiger partial charge in [0.05, 0.1) is 3.79 Å². The second-order valence-electron chi connectivity index (χ2n) is 2.37. The number of nitrogens with one attached hydrogen (secondary N) is 1. The van der Waals surface area contributed by atoms with Gasteiger partial charge in [0.1, 0.15) is 0 Å². The van der Waals surface area contributed by atoms with Gasteiger partial charge >= 0.3 is 0 Å². The van der Waals surface area contributed by atoms with Crippen molar-refractivity contribution in [2.75, 3.05) is 6.54 Å². The number of hydrogen-bond acceptors (Lipinski definition) is 2. The number of thiophene rings is 1. The molecule has 4 heteroatoms. The van der Waals surface area contributed by atoms with Crippen molar-refractivity contribution in [3.05, 3.63) is 26.9 Å². The molecular formula is C9H10BrNOS. The Morgan fingerprint density at radius 3 is 3.00 bits per heavy atom. The molecule has 0 radical (unpaired) electrons. The molecule has 1 rings (SSSR count). The average molecular weight is 260 g/mol. The summed E-state index contributed by atoms with van der Waals surface area (Å²) in [5, 5.41) is 2.69. The molecule has 0 spiro atoms. The van der Waals surface area contributed by atoms with Gasteiger partial charge in [0.25, 0.3) is 0 Å². The fourth-order valence-electron chi connectivity index (χ4n) is 0.809. The zero-order chi connectivity index (χ0) is 9.68. The second-order valence-corrected chi connectivity index (χ2v) is 4.86. The zero-order valence-electron chi connectivity index (χ0n) is 7.21. The number of carbonyl (C=O) groups excluding carboxylic acids is 1. The molecule has 0 unspecified atom stereocenters. The smallest absolute Gasteiger partial charge is 0.244 e. The lowest BCUT2D eigenvalue weighted by Gasteiger charge is -1.92. The maximum atomic E-state index is 11.0. The summed E-state index contributed by atoms with van der Waals surface area (Å²) in [7, 11) is 0. The number of hydrogen-bond donors (Lipinski definition) is 1. The fraction of sp³-hybridized carbons (Fsp3) is 0.222. The molecule has 2 nitrogen and oxygen atoms in total. The summed E-state index contributed by atoms with van der Waals surface area (Å²) >= 11 is 4.95. The summed E-state index contributed by atoms with van der Waals surface area (Å²) in [6.07, 6.45) is 3.35. The molecule has 1 N–H and O–H groups in total. The Kier molecular flexibility index (Phi) is 4.18. The molecule has 1 heterocycles. The standard InChI is InChI=1S/C9H10BrNOS/c1-2-11-9(12)6-4-7-3-5-8(10)13-7/h3-6H,2H2,1H3,(H,11,12). The van der Waals surface area contributed by atoms with Crippen LogP contribution in [0, 0.1) is 0 Å². The lowest BCUT2D eigenvalue weighted by molar-refractivity contribution is -0.116. The van der Waals surface area contributed by atoms with Crippen molar-refractivity contribution in [1.29, 1.82) is 0 Å². The van der Waals surface area contributed by atoms with E-state index < -0.39 is 0 Å². The van der Waals surface area contributed by atoms with Gasteiger partial charge in [0.2, 0.25) is 5.91 Å². The summed E-state index contributed by atoms with van der Waals surface area (Å²) < 4.78 is 1.07. The van der Waals surface area contributed by atoms with Gasteiger partial charge in [-0.05, 0) is 41.1 Å². The van der Waals surface area contributed by atoms with Crippen molar-refractivity contribution in [3.8, 4) is 0 Å². The maximum absolute atomic E-state index is 11.0. The van der Waals surface area contributed by atoms with Crippen molar-refractivity contribution in [1.82, 2.24) is 5.32 Å². The van der Waals surface area contributed by atoms with Crippen LogP contribution < -0.4 is 5.32 Å². The van der Waals surface area contributed by atoms with E-state index in [2.05, 4.69) is 21.2 Å². The number of halogens is 1. The van der Waals surface area contributed by atoms with E-state index in [4.69, 9.17) is 0 Å². The van der Waals surface area contributed by atoms with E-state index in [-0.39, 0.29) is 5.91 Å². The van der Waals surface area contributed by atoms with Crippen LogP contribution in [0.4, 0.5) is 0 Å². The van der Waals surface area contributed by atoms with Crippen molar-refractivity contribution >= 4 is 39.2 Å². The highest BCUT2D eigenvalue weighted by Crippen LogP contribution is 2.22. The number of amides is 1. The van der Waals surface area contributed by atoms with Gasteiger partial charge in [-0.25, -0.2) is 0 Å². The first-order chi connectivity index (χ1) is 6.22. The summed E-state index contributed by atoms with van der Waals surface area (Å²) in [6, 6.07) is 3.92. The molecule has 0 aliphatic carbocycles. The van der Waals surface area contributed by atoms with E-state index in [1.54, 1.807) is 23.5 Å². The second kappa shape index (κ2) is 5.19. The van der Waals surface area contributed by atoms with Gasteiger partial charge < -0.3 is 5.32 Å². The van der Waals surface area contributed by atoms with Crippen LogP contribution in [0.3, 0.4) is 0 Å². The number of rotatable bonds is 3. The van der Waals surface area contributed by atoms with Gasteiger partial charge in [0.15, 0.2) is 0 Å². The highest BCUT2D eigenvalue weighted by atomic mass is 79.9. The molecule has 0 bridgehead atoms. The minimum Gasteiger partial charge on any atom is -0.353 e. The van der Waals surface area contributed by atoms with Gasteiger partial charge in [-0.2, -0.15) is 0 Å². The molecule has 1 amide bonds. The molecule has 70 valence electrons. The first kappa shape index (κ1) is 10.5. The van der Waals surface area contributed by atoms with Crippen LogP contribution in [0.1, 0.15) is 11.8 Å². The monoisotopic (exact) mass is 259 g/mol. The third-order valence-electron chi connectivity index (χ3n) is 1.34. The molecule has 0 fully saturated rings. The third kappa shape index (κ3) is 3.74. The first-order valence-corrected chi connectivity index (χ1v) is 5.54. The van der Waals surface area contributed by atoms with E-state index in [1.807, 2.05) is 19.1 Å². The quantitative estimate of drug-likeness (QED) is 0.832. The molecular weight excluding hydrogens is 250 g/mol. The average Bonchev–Trinajstić information content (AvgIpc) is 2.49. The Bertz CT molecular complexity index is 319. The minimum absolute atomic E-state index is 0.0491. The molecule has 1 aromatic heterocycles. The van der Waals surface area contributed by atoms with Crippen LogP contribution in [-0.4, -0.2) is 12.5 Å². The van der Waals surface area contributed by atoms with Crippen LogP contribution in [-0.2, 0) is 4.79 Å². The Labute approximate surface area is 89.8 Å². The van der Waals surface area contributed by atoms with E-state index in [0.717, 1.165) is 8.66 Å². The van der Waals surface area contributed by atoms with Crippen LogP contribution in [0.25, 0.3) is 6.08 Å². The predicted octanol–water partition coefficient (Wildman–Crippen LogP) is 2.66. The van der Waals surface area contributed by atoms with Crippen molar-refractivity contribution < 1.29 is 4.79 Å². The van der Waals surface area contributed by atoms with Crippen molar-refractivity contribution in [3.63, 3.8) is 0 Å². The highest BCUT2D eigenvalue weighted by molar-refractivity contribution is 9.11. The molecule has 0 aromatic carbocycles. The molecule has 0 atom stereocenters. The Morgan fingerprint density at radius 2 is 2.46 bits per heavy atom. The van der Waals surface area contributed by atoms with E-state index in [1.165, 1.54) is 0 Å². The first-order valence-electron chi connectivity index (χ1n) is 3.93. The van der Waals surface area contributed by atoms with E-state index in [0.29, 0.717) is 6.54 Å². The molecule has 13 heavy (non-hydrogen) atoms. The topological polar surface area (TPSA) is 29.1 Å². The van der Waals surface area contributed by atoms with Gasteiger partial charge in [-0.1, -0.05) is 0 Å².